The van der Waals surface area contributed by atoms with Crippen molar-refractivity contribution in [2.45, 2.75) is 13.3 Å². The van der Waals surface area contributed by atoms with Crippen molar-refractivity contribution in [2.24, 2.45) is 0 Å². The Morgan fingerprint density at radius 2 is 1.70 bits per heavy atom. The summed E-state index contributed by atoms with van der Waals surface area (Å²) >= 11 is 18.8. The van der Waals surface area contributed by atoms with Gasteiger partial charge in [0.15, 0.2) is 5.76 Å². The monoisotopic (exact) mass is 505 g/mol. The Balaban J connectivity index is 1.42. The molecule has 33 heavy (non-hydrogen) atoms. The zero-order chi connectivity index (χ0) is 23.5. The summed E-state index contributed by atoms with van der Waals surface area (Å²) in [5.74, 6) is 0.340. The summed E-state index contributed by atoms with van der Waals surface area (Å²) < 4.78 is 5.70. The normalized spacial score (nSPS) is 13.8. The number of benzene rings is 2. The Morgan fingerprint density at radius 1 is 0.939 bits per heavy atom. The topological polar surface area (TPSA) is 65.8 Å². The molecular formula is C24H22Cl3N3O3. The lowest BCUT2D eigenvalue weighted by Gasteiger charge is -2.36. The van der Waals surface area contributed by atoms with Crippen LogP contribution in [0.2, 0.25) is 15.1 Å². The smallest absolute Gasteiger partial charge is 0.291 e. The number of hydrogen-bond acceptors (Lipinski definition) is 4. The van der Waals surface area contributed by atoms with E-state index in [0.717, 1.165) is 5.69 Å². The van der Waals surface area contributed by atoms with Crippen LogP contribution in [0.4, 0.5) is 11.4 Å². The molecule has 0 bridgehead atoms. The quantitative estimate of drug-likeness (QED) is 0.446. The zero-order valence-corrected chi connectivity index (χ0v) is 20.2. The van der Waals surface area contributed by atoms with Crippen LogP contribution in [0, 0.1) is 0 Å². The molecule has 4 rings (SSSR count). The second kappa shape index (κ2) is 10.1. The molecule has 6 nitrogen and oxygen atoms in total. The number of furan rings is 1. The van der Waals surface area contributed by atoms with Crippen LogP contribution >= 0.6 is 34.8 Å². The van der Waals surface area contributed by atoms with Crippen molar-refractivity contribution in [3.8, 4) is 11.3 Å². The number of anilines is 2. The van der Waals surface area contributed by atoms with E-state index >= 15 is 0 Å². The molecule has 1 aromatic heterocycles. The van der Waals surface area contributed by atoms with E-state index in [1.807, 2.05) is 17.9 Å². The third kappa shape index (κ3) is 5.29. The van der Waals surface area contributed by atoms with E-state index in [1.165, 1.54) is 0 Å². The molecule has 0 radical (unpaired) electrons. The van der Waals surface area contributed by atoms with Crippen LogP contribution < -0.4 is 10.2 Å². The number of carbonyl (C=O) groups excluding carboxylic acids is 2. The third-order valence-electron chi connectivity index (χ3n) is 5.50. The van der Waals surface area contributed by atoms with Crippen molar-refractivity contribution in [1.29, 1.82) is 0 Å². The summed E-state index contributed by atoms with van der Waals surface area (Å²) in [5, 5.41) is 4.32. The molecule has 172 valence electrons. The van der Waals surface area contributed by atoms with Gasteiger partial charge in [-0.3, -0.25) is 9.59 Å². The first-order valence-electron chi connectivity index (χ1n) is 10.5. The Hall–Kier alpha value is -2.67. The van der Waals surface area contributed by atoms with E-state index in [1.54, 1.807) is 42.5 Å². The highest BCUT2D eigenvalue weighted by Crippen LogP contribution is 2.33. The van der Waals surface area contributed by atoms with E-state index in [2.05, 4.69) is 10.2 Å². The van der Waals surface area contributed by atoms with E-state index in [-0.39, 0.29) is 11.7 Å². The second-order valence-corrected chi connectivity index (χ2v) is 8.88. The lowest BCUT2D eigenvalue weighted by molar-refractivity contribution is -0.131. The van der Waals surface area contributed by atoms with Gasteiger partial charge in [-0.15, -0.1) is 0 Å². The average molecular weight is 507 g/mol. The molecule has 0 spiro atoms. The molecule has 1 N–H and O–H groups in total. The molecule has 0 aliphatic carbocycles. The minimum atomic E-state index is -0.407. The fourth-order valence-electron chi connectivity index (χ4n) is 3.75. The van der Waals surface area contributed by atoms with Gasteiger partial charge in [-0.2, -0.15) is 0 Å². The van der Waals surface area contributed by atoms with Crippen LogP contribution in [0.25, 0.3) is 11.3 Å². The van der Waals surface area contributed by atoms with Gasteiger partial charge in [-0.05, 0) is 48.5 Å². The van der Waals surface area contributed by atoms with Crippen LogP contribution in [-0.2, 0) is 4.79 Å². The Bertz CT molecular complexity index is 1190. The molecule has 1 saturated heterocycles. The first-order chi connectivity index (χ1) is 15.9. The summed E-state index contributed by atoms with van der Waals surface area (Å²) in [7, 11) is 0. The number of amides is 2. The minimum Gasteiger partial charge on any atom is -0.451 e. The van der Waals surface area contributed by atoms with Crippen LogP contribution in [0.1, 0.15) is 23.9 Å². The van der Waals surface area contributed by atoms with Crippen molar-refractivity contribution in [3.05, 3.63) is 69.4 Å². The first-order valence-corrected chi connectivity index (χ1v) is 11.7. The van der Waals surface area contributed by atoms with Crippen LogP contribution in [0.15, 0.2) is 52.9 Å². The number of rotatable bonds is 5. The molecule has 1 fully saturated rings. The highest BCUT2D eigenvalue weighted by atomic mass is 35.5. The van der Waals surface area contributed by atoms with Crippen molar-refractivity contribution in [1.82, 2.24) is 4.90 Å². The maximum absolute atomic E-state index is 12.7. The molecule has 1 aliphatic heterocycles. The zero-order valence-electron chi connectivity index (χ0n) is 17.9. The summed E-state index contributed by atoms with van der Waals surface area (Å²) in [6.45, 7) is 4.61. The first kappa shape index (κ1) is 23.5. The van der Waals surface area contributed by atoms with Gasteiger partial charge in [0.05, 0.1) is 15.7 Å². The highest BCUT2D eigenvalue weighted by molar-refractivity contribution is 6.35. The Labute approximate surface area is 207 Å². The summed E-state index contributed by atoms with van der Waals surface area (Å²) in [6, 6.07) is 13.7. The molecule has 0 unspecified atom stereocenters. The number of hydrogen-bond donors (Lipinski definition) is 1. The fourth-order valence-corrected chi connectivity index (χ4v) is 4.43. The van der Waals surface area contributed by atoms with Gasteiger partial charge in [0, 0.05) is 48.9 Å². The molecule has 3 aromatic rings. The predicted octanol–water partition coefficient (Wildman–Crippen LogP) is 6.22. The van der Waals surface area contributed by atoms with Gasteiger partial charge in [-0.25, -0.2) is 0 Å². The lowest BCUT2D eigenvalue weighted by atomic mass is 10.2. The molecular weight excluding hydrogens is 485 g/mol. The highest BCUT2D eigenvalue weighted by Gasteiger charge is 2.22. The van der Waals surface area contributed by atoms with E-state index in [9.17, 15) is 9.59 Å². The van der Waals surface area contributed by atoms with Crippen LogP contribution in [0.5, 0.6) is 0 Å². The number of nitrogens with zero attached hydrogens (tertiary/aromatic N) is 2. The van der Waals surface area contributed by atoms with Crippen molar-refractivity contribution < 1.29 is 14.0 Å². The summed E-state index contributed by atoms with van der Waals surface area (Å²) in [5.41, 5.74) is 2.03. The molecule has 0 atom stereocenters. The number of carbonyl (C=O) groups is 2. The predicted molar refractivity (Wildman–Crippen MR) is 133 cm³/mol. The average Bonchev–Trinajstić information content (AvgIpc) is 3.31. The van der Waals surface area contributed by atoms with Crippen molar-refractivity contribution >= 4 is 58.0 Å². The maximum atomic E-state index is 12.7. The maximum Gasteiger partial charge on any atom is 0.291 e. The van der Waals surface area contributed by atoms with Crippen molar-refractivity contribution in [2.75, 3.05) is 36.4 Å². The largest absolute Gasteiger partial charge is 0.451 e. The molecule has 2 amide bonds. The fraction of sp³-hybridized carbons (Fsp3) is 0.250. The minimum absolute atomic E-state index is 0.137. The van der Waals surface area contributed by atoms with Gasteiger partial charge >= 0.3 is 0 Å². The van der Waals surface area contributed by atoms with Gasteiger partial charge in [0.2, 0.25) is 5.91 Å². The standard InChI is InChI=1S/C24H22Cl3N3O3/c1-2-23(31)30-11-9-29(10-12-30)20-6-4-16(14-19(20)27)28-24(32)22-8-7-21(33-22)17-13-15(25)3-5-18(17)26/h3-8,13-14H,2,9-12H2,1H3,(H,28,32). The summed E-state index contributed by atoms with van der Waals surface area (Å²) in [6.07, 6.45) is 0.512. The van der Waals surface area contributed by atoms with Gasteiger partial charge in [-0.1, -0.05) is 41.7 Å². The van der Waals surface area contributed by atoms with E-state index in [0.29, 0.717) is 64.7 Å². The van der Waals surface area contributed by atoms with E-state index in [4.69, 9.17) is 39.2 Å². The SMILES string of the molecule is CCC(=O)N1CCN(c2ccc(NC(=O)c3ccc(-c4cc(Cl)ccc4Cl)o3)cc2Cl)CC1. The van der Waals surface area contributed by atoms with Gasteiger partial charge < -0.3 is 19.5 Å². The second-order valence-electron chi connectivity index (χ2n) is 7.63. The number of nitrogens with one attached hydrogen (secondary N) is 1. The van der Waals surface area contributed by atoms with Crippen molar-refractivity contribution in [3.63, 3.8) is 0 Å². The molecule has 9 heteroatoms. The number of piperazine rings is 1. The Morgan fingerprint density at radius 3 is 2.39 bits per heavy atom. The lowest BCUT2D eigenvalue weighted by Crippen LogP contribution is -2.48. The molecule has 0 saturated carbocycles. The Kier molecular flexibility index (Phi) is 7.17. The molecule has 2 aromatic carbocycles. The summed E-state index contributed by atoms with van der Waals surface area (Å²) in [4.78, 5) is 28.6. The third-order valence-corrected chi connectivity index (χ3v) is 6.37. The van der Waals surface area contributed by atoms with Crippen LogP contribution in [0.3, 0.4) is 0 Å². The van der Waals surface area contributed by atoms with E-state index < -0.39 is 5.91 Å². The molecule has 2 heterocycles. The van der Waals surface area contributed by atoms with Crippen LogP contribution in [-0.4, -0.2) is 42.9 Å². The van der Waals surface area contributed by atoms with Gasteiger partial charge in [0.1, 0.15) is 5.76 Å². The molecule has 1 aliphatic rings. The van der Waals surface area contributed by atoms with Gasteiger partial charge in [0.25, 0.3) is 5.91 Å². The number of halogens is 3.